The molecule has 2 N–H and O–H groups in total. The van der Waals surface area contributed by atoms with E-state index in [1.807, 2.05) is 76.7 Å². The van der Waals surface area contributed by atoms with Gasteiger partial charge < -0.3 is 10.3 Å². The number of nitrogens with zero attached hydrogens (tertiary/aromatic N) is 6. The first-order chi connectivity index (χ1) is 26.8. The molecular formula is C44H34Br4N8. The van der Waals surface area contributed by atoms with Crippen LogP contribution < -0.4 is 5.32 Å². The van der Waals surface area contributed by atoms with Crippen molar-refractivity contribution in [2.75, 3.05) is 0 Å². The van der Waals surface area contributed by atoms with Crippen LogP contribution in [0.5, 0.6) is 0 Å². The average molecular weight is 994 g/mol. The van der Waals surface area contributed by atoms with Crippen LogP contribution in [-0.4, -0.2) is 45.2 Å². The van der Waals surface area contributed by atoms with Gasteiger partial charge in [-0.25, -0.2) is 4.99 Å². The molecule has 0 saturated carbocycles. The quantitative estimate of drug-likeness (QED) is 0.138. The van der Waals surface area contributed by atoms with Crippen LogP contribution in [0.4, 0.5) is 0 Å². The summed E-state index contributed by atoms with van der Waals surface area (Å²) in [5.74, 6) is 0. The Bertz CT molecular complexity index is 2710. The summed E-state index contributed by atoms with van der Waals surface area (Å²) in [4.78, 5) is 33.1. The summed E-state index contributed by atoms with van der Waals surface area (Å²) in [6, 6.07) is 20.8. The molecule has 8 bridgehead atoms. The predicted octanol–water partition coefficient (Wildman–Crippen LogP) is 10.3. The highest BCUT2D eigenvalue weighted by Crippen LogP contribution is 2.58. The Morgan fingerprint density at radius 3 is 1.79 bits per heavy atom. The van der Waals surface area contributed by atoms with Gasteiger partial charge >= 0.3 is 0 Å². The molecule has 0 aromatic carbocycles. The maximum atomic E-state index is 5.67. The molecule has 5 aromatic heterocycles. The highest BCUT2D eigenvalue weighted by molar-refractivity contribution is 9.13. The lowest BCUT2D eigenvalue weighted by Crippen LogP contribution is -2.53. The number of aromatic nitrogens is 5. The highest BCUT2D eigenvalue weighted by Gasteiger charge is 2.59. The maximum Gasteiger partial charge on any atom is 0.159 e. The second-order valence-corrected chi connectivity index (χ2v) is 19.2. The van der Waals surface area contributed by atoms with E-state index in [9.17, 15) is 0 Å². The minimum Gasteiger partial charge on any atom is -0.365 e. The third kappa shape index (κ3) is 5.85. The molecule has 4 aliphatic heterocycles. The number of nitrogens with one attached hydrogen (secondary N) is 2. The molecule has 0 radical (unpaired) electrons. The molecule has 4 atom stereocenters. The molecule has 5 aromatic rings. The zero-order chi connectivity index (χ0) is 39.0. The second-order valence-electron chi connectivity index (χ2n) is 14.4. The van der Waals surface area contributed by atoms with Gasteiger partial charge in [-0.2, -0.15) is 0 Å². The molecule has 9 rings (SSSR count). The van der Waals surface area contributed by atoms with Crippen LogP contribution in [-0.2, 0) is 8.65 Å². The molecule has 0 aliphatic carbocycles. The summed E-state index contributed by atoms with van der Waals surface area (Å²) in [6.45, 7) is 8.01. The van der Waals surface area contributed by atoms with Crippen LogP contribution >= 0.6 is 63.7 Å². The van der Waals surface area contributed by atoms with Crippen molar-refractivity contribution in [1.82, 2.24) is 30.2 Å². The lowest BCUT2D eigenvalue weighted by molar-refractivity contribution is 0.580. The molecule has 0 saturated heterocycles. The number of aliphatic imine (C=N–C) groups is 2. The van der Waals surface area contributed by atoms with Gasteiger partial charge in [0.25, 0.3) is 0 Å². The lowest BCUT2D eigenvalue weighted by Gasteiger charge is -2.42. The van der Waals surface area contributed by atoms with Crippen LogP contribution in [0, 0.1) is 27.7 Å². The Morgan fingerprint density at radius 1 is 0.571 bits per heavy atom. The monoisotopic (exact) mass is 990 g/mol. The number of H-pyrrole nitrogens is 1. The van der Waals surface area contributed by atoms with E-state index in [4.69, 9.17) is 9.98 Å². The molecule has 9 heterocycles. The number of allylic oxidation sites excluding steroid dienone is 5. The molecule has 12 heteroatoms. The van der Waals surface area contributed by atoms with Gasteiger partial charge in [-0.3, -0.25) is 24.9 Å². The van der Waals surface area contributed by atoms with Crippen LogP contribution in [0.15, 0.2) is 143 Å². The van der Waals surface area contributed by atoms with Gasteiger partial charge in [0.2, 0.25) is 0 Å². The van der Waals surface area contributed by atoms with Crippen LogP contribution in [0.2, 0.25) is 0 Å². The molecule has 4 unspecified atom stereocenters. The van der Waals surface area contributed by atoms with Gasteiger partial charge in [-0.15, -0.1) is 0 Å². The molecule has 0 fully saturated rings. The number of rotatable bonds is 4. The normalized spacial score (nSPS) is 26.5. The molecule has 8 nitrogen and oxygen atoms in total. The van der Waals surface area contributed by atoms with E-state index in [0.29, 0.717) is 0 Å². The molecule has 56 heavy (non-hydrogen) atoms. The van der Waals surface area contributed by atoms with E-state index in [0.717, 1.165) is 90.4 Å². The van der Waals surface area contributed by atoms with E-state index in [1.54, 1.807) is 0 Å². The summed E-state index contributed by atoms with van der Waals surface area (Å²) >= 11 is 17.2. The number of aryl methyl sites for hydroxylation is 4. The first-order valence-electron chi connectivity index (χ1n) is 18.0. The van der Waals surface area contributed by atoms with E-state index in [-0.39, 0.29) is 0 Å². The first kappa shape index (κ1) is 37.2. The van der Waals surface area contributed by atoms with Crippen molar-refractivity contribution in [2.24, 2.45) is 9.98 Å². The fraction of sp³-hybridized carbons (Fsp3) is 0.182. The molecule has 278 valence electrons. The predicted molar refractivity (Wildman–Crippen MR) is 239 cm³/mol. The largest absolute Gasteiger partial charge is 0.365 e. The van der Waals surface area contributed by atoms with Crippen molar-refractivity contribution in [1.29, 1.82) is 0 Å². The highest BCUT2D eigenvalue weighted by atomic mass is 79.9. The van der Waals surface area contributed by atoms with E-state index in [2.05, 4.69) is 167 Å². The molecular weight excluding hydrogens is 960 g/mol. The topological polar surface area (TPSA) is 104 Å². The number of alkyl halides is 4. The number of hydrogen-bond donors (Lipinski definition) is 2. The molecule has 0 spiro atoms. The number of aromatic amines is 1. The fourth-order valence-corrected chi connectivity index (χ4v) is 10.9. The van der Waals surface area contributed by atoms with E-state index in [1.165, 1.54) is 0 Å². The van der Waals surface area contributed by atoms with Crippen LogP contribution in [0.3, 0.4) is 0 Å². The summed E-state index contributed by atoms with van der Waals surface area (Å²) in [7, 11) is 0. The van der Waals surface area contributed by atoms with Crippen molar-refractivity contribution in [3.8, 4) is 0 Å². The van der Waals surface area contributed by atoms with Gasteiger partial charge in [-0.05, 0) is 147 Å². The second kappa shape index (κ2) is 13.6. The average Bonchev–Trinajstić information content (AvgIpc) is 4.00. The van der Waals surface area contributed by atoms with Crippen molar-refractivity contribution in [3.05, 3.63) is 190 Å². The summed E-state index contributed by atoms with van der Waals surface area (Å²) in [5, 5.41) is 3.92. The minimum atomic E-state index is -1.02. The molecule has 0 amide bonds. The fourth-order valence-electron chi connectivity index (χ4n) is 7.93. The van der Waals surface area contributed by atoms with Crippen molar-refractivity contribution in [3.63, 3.8) is 0 Å². The minimum absolute atomic E-state index is 0.776. The molecule has 4 aliphatic rings. The maximum absolute atomic E-state index is 5.67. The van der Waals surface area contributed by atoms with Gasteiger partial charge in [0.1, 0.15) is 13.1 Å². The summed E-state index contributed by atoms with van der Waals surface area (Å²) in [6.07, 6.45) is 20.1. The van der Waals surface area contributed by atoms with Crippen molar-refractivity contribution in [2.45, 2.75) is 45.2 Å². The van der Waals surface area contributed by atoms with Crippen molar-refractivity contribution < 1.29 is 0 Å². The van der Waals surface area contributed by atoms with Crippen LogP contribution in [0.25, 0.3) is 11.1 Å². The zero-order valence-corrected chi connectivity index (χ0v) is 37.1. The Hall–Kier alpha value is -4.36. The third-order valence-electron chi connectivity index (χ3n) is 10.6. The van der Waals surface area contributed by atoms with E-state index < -0.39 is 17.5 Å². The van der Waals surface area contributed by atoms with Gasteiger partial charge in [0.05, 0.1) is 17.1 Å². The lowest BCUT2D eigenvalue weighted by atomic mass is 9.87. The SMILES string of the molecule is Cc1cc(C2=C3C=CC(Br)(N3)C(Br)(c3ccnc(C)c3)C3=NC(Br)(C=C3)C(Br)(c3ccnc(C)c3)c3ccc([nH]3)C(c3ccnc(C)c3)=C3C=CC2=N3)ccn1. The van der Waals surface area contributed by atoms with Crippen molar-refractivity contribution >= 4 is 86.3 Å². The Kier molecular flexibility index (Phi) is 9.07. The number of halogens is 4. The van der Waals surface area contributed by atoms with Gasteiger partial charge in [-0.1, -0.05) is 63.7 Å². The first-order valence-corrected chi connectivity index (χ1v) is 21.2. The number of fused-ring (bicyclic) bond motifs is 6. The Balaban J connectivity index is 1.39. The third-order valence-corrected chi connectivity index (χ3v) is 16.7. The summed E-state index contributed by atoms with van der Waals surface area (Å²) < 4.78 is -3.84. The van der Waals surface area contributed by atoms with E-state index >= 15 is 0 Å². The zero-order valence-electron chi connectivity index (χ0n) is 30.7. The van der Waals surface area contributed by atoms with Gasteiger partial charge in [0.15, 0.2) is 4.45 Å². The Labute approximate surface area is 358 Å². The standard InChI is InChI=1S/C44H34Br4N8/c1-25-21-29(11-17-49-25)39-33-5-6-34(53-33)40(30-12-18-50-26(2)22-30)36-9-15-41(45,55-36)44(48,32-14-20-52-28(4)24-32)38-10-16-42(46,56-38)43(47,37-8-7-35(39)54-37)31-13-19-51-27(3)23-31/h5-24,54-55H,1-4H3. The number of hydrogen-bond acceptors (Lipinski definition) is 7. The van der Waals surface area contributed by atoms with Gasteiger partial charge in [0, 0.05) is 75.8 Å². The number of pyridine rings is 4. The summed E-state index contributed by atoms with van der Waals surface area (Å²) in [5.41, 5.74) is 14.5. The smallest absolute Gasteiger partial charge is 0.159 e. The Morgan fingerprint density at radius 2 is 1.16 bits per heavy atom. The van der Waals surface area contributed by atoms with Crippen LogP contribution in [0.1, 0.15) is 56.4 Å².